The fourth-order valence-corrected chi connectivity index (χ4v) is 1.78. The molecule has 1 heterocycles. The zero-order chi connectivity index (χ0) is 9.26. The van der Waals surface area contributed by atoms with Crippen LogP contribution in [0.1, 0.15) is 10.4 Å². The van der Waals surface area contributed by atoms with E-state index in [2.05, 4.69) is 0 Å². The molecule has 0 spiro atoms. The van der Waals surface area contributed by atoms with Gasteiger partial charge in [0.15, 0.2) is 6.29 Å². The fourth-order valence-electron chi connectivity index (χ4n) is 1.15. The van der Waals surface area contributed by atoms with Gasteiger partial charge in [0, 0.05) is 18.0 Å². The third-order valence-electron chi connectivity index (χ3n) is 1.94. The number of halogens is 1. The lowest BCUT2D eigenvalue weighted by molar-refractivity contribution is 0.112. The average Bonchev–Trinajstić information content (AvgIpc) is 2.01. The molecule has 0 radical (unpaired) electrons. The smallest absolute Gasteiger partial charge is 0.152 e. The first-order valence-electron chi connectivity index (χ1n) is 3.96. The second-order valence-corrected chi connectivity index (χ2v) is 3.87. The van der Waals surface area contributed by atoms with Crippen LogP contribution < -0.4 is 4.31 Å². The molecule has 0 bridgehead atoms. The summed E-state index contributed by atoms with van der Waals surface area (Å²) in [5.74, 6) is 0.636. The Morgan fingerprint density at radius 2 is 2.31 bits per heavy atom. The van der Waals surface area contributed by atoms with Gasteiger partial charge in [-0.05, 0) is 30.1 Å². The molecule has 1 aliphatic rings. The molecule has 0 amide bonds. The predicted molar refractivity (Wildman–Crippen MR) is 51.6 cm³/mol. The number of benzene rings is 1. The van der Waals surface area contributed by atoms with Crippen molar-refractivity contribution >= 4 is 23.9 Å². The van der Waals surface area contributed by atoms with Crippen molar-refractivity contribution < 1.29 is 9.18 Å². The van der Waals surface area contributed by atoms with E-state index in [4.69, 9.17) is 0 Å². The molecule has 0 N–H and O–H groups in total. The fraction of sp³-hybridized carbons (Fsp3) is 0.222. The Bertz CT molecular complexity index is 338. The first kappa shape index (κ1) is 8.56. The van der Waals surface area contributed by atoms with E-state index in [0.717, 1.165) is 18.0 Å². The highest BCUT2D eigenvalue weighted by Crippen LogP contribution is 2.30. The number of anilines is 1. The lowest BCUT2D eigenvalue weighted by Crippen LogP contribution is -2.28. The summed E-state index contributed by atoms with van der Waals surface area (Å²) in [5, 5.41) is 0. The normalized spacial score (nSPS) is 15.3. The van der Waals surface area contributed by atoms with Crippen molar-refractivity contribution in [3.8, 4) is 0 Å². The van der Waals surface area contributed by atoms with Crippen LogP contribution in [-0.4, -0.2) is 18.6 Å². The first-order valence-corrected chi connectivity index (χ1v) is 4.90. The van der Waals surface area contributed by atoms with Crippen molar-refractivity contribution in [2.24, 2.45) is 0 Å². The molecule has 68 valence electrons. The van der Waals surface area contributed by atoms with Crippen LogP contribution in [-0.2, 0) is 0 Å². The molecule has 2 nitrogen and oxygen atoms in total. The molecule has 0 aromatic heterocycles. The van der Waals surface area contributed by atoms with Crippen LogP contribution in [0.2, 0.25) is 0 Å². The Kier molecular flexibility index (Phi) is 2.22. The van der Waals surface area contributed by atoms with E-state index in [1.54, 1.807) is 18.0 Å². The molecule has 1 aliphatic heterocycles. The van der Waals surface area contributed by atoms with Gasteiger partial charge in [-0.15, -0.1) is 0 Å². The van der Waals surface area contributed by atoms with Crippen molar-refractivity contribution in [2.45, 2.75) is 0 Å². The number of rotatable bonds is 2. The number of hydrogen-bond acceptors (Lipinski definition) is 3. The van der Waals surface area contributed by atoms with Gasteiger partial charge in [0.05, 0.1) is 5.56 Å². The summed E-state index contributed by atoms with van der Waals surface area (Å²) in [6.07, 6.45) is 0.530. The average molecular weight is 197 g/mol. The summed E-state index contributed by atoms with van der Waals surface area (Å²) in [5.41, 5.74) is 0.952. The van der Waals surface area contributed by atoms with Crippen LogP contribution in [0.5, 0.6) is 0 Å². The van der Waals surface area contributed by atoms with E-state index >= 15 is 0 Å². The molecular formula is C9H8FNOS. The lowest BCUT2D eigenvalue weighted by Gasteiger charge is -2.31. The molecule has 0 atom stereocenters. The maximum Gasteiger partial charge on any atom is 0.152 e. The highest BCUT2D eigenvalue weighted by atomic mass is 32.2. The number of carbonyl (C=O) groups excluding carboxylic acids is 1. The van der Waals surface area contributed by atoms with Crippen molar-refractivity contribution in [3.63, 3.8) is 0 Å². The number of aldehydes is 1. The second-order valence-electron chi connectivity index (χ2n) is 2.76. The second kappa shape index (κ2) is 3.38. The molecule has 0 saturated carbocycles. The van der Waals surface area contributed by atoms with Gasteiger partial charge < -0.3 is 4.31 Å². The van der Waals surface area contributed by atoms with E-state index in [1.807, 2.05) is 4.31 Å². The molecule has 4 heteroatoms. The molecule has 13 heavy (non-hydrogen) atoms. The topological polar surface area (TPSA) is 20.3 Å². The molecular weight excluding hydrogens is 189 g/mol. The van der Waals surface area contributed by atoms with Crippen molar-refractivity contribution in [3.05, 3.63) is 29.6 Å². The van der Waals surface area contributed by atoms with Crippen molar-refractivity contribution in [1.29, 1.82) is 0 Å². The Balaban J connectivity index is 2.29. The molecule has 1 fully saturated rings. The minimum absolute atomic E-state index is 0.120. The summed E-state index contributed by atoms with van der Waals surface area (Å²) in [6.45, 7) is 0.949. The van der Waals surface area contributed by atoms with Crippen molar-refractivity contribution in [2.75, 3.05) is 16.6 Å². The van der Waals surface area contributed by atoms with Gasteiger partial charge in [-0.25, -0.2) is 4.39 Å². The molecule has 1 aromatic carbocycles. The number of carbonyl (C=O) groups is 1. The van der Waals surface area contributed by atoms with Gasteiger partial charge in [0.25, 0.3) is 0 Å². The van der Waals surface area contributed by atoms with E-state index in [0.29, 0.717) is 6.29 Å². The summed E-state index contributed by atoms with van der Waals surface area (Å²) < 4.78 is 15.1. The molecule has 1 aromatic rings. The molecule has 2 rings (SSSR count). The third kappa shape index (κ3) is 1.54. The SMILES string of the molecule is O=Cc1ccc(N2CCS2)cc1F. The van der Waals surface area contributed by atoms with E-state index in [-0.39, 0.29) is 5.56 Å². The van der Waals surface area contributed by atoms with Gasteiger partial charge in [-0.1, -0.05) is 0 Å². The van der Waals surface area contributed by atoms with Gasteiger partial charge >= 0.3 is 0 Å². The third-order valence-corrected chi connectivity index (χ3v) is 3.01. The maximum atomic E-state index is 13.1. The van der Waals surface area contributed by atoms with Crippen LogP contribution in [0, 0.1) is 5.82 Å². The summed E-state index contributed by atoms with van der Waals surface area (Å²) in [4.78, 5) is 10.3. The van der Waals surface area contributed by atoms with Crippen LogP contribution in [0.3, 0.4) is 0 Å². The summed E-state index contributed by atoms with van der Waals surface area (Å²) in [7, 11) is 0. The van der Waals surface area contributed by atoms with Gasteiger partial charge in [0.2, 0.25) is 0 Å². The van der Waals surface area contributed by atoms with Crippen LogP contribution in [0.15, 0.2) is 18.2 Å². The van der Waals surface area contributed by atoms with Crippen molar-refractivity contribution in [1.82, 2.24) is 0 Å². The molecule has 0 unspecified atom stereocenters. The summed E-state index contributed by atoms with van der Waals surface area (Å²) >= 11 is 1.66. The van der Waals surface area contributed by atoms with E-state index in [9.17, 15) is 9.18 Å². The lowest BCUT2D eigenvalue weighted by atomic mass is 10.2. The standard InChI is InChI=1S/C9H8FNOS/c10-9-5-8(11-3-4-13-11)2-1-7(9)6-12/h1-2,5-6H,3-4H2. The highest BCUT2D eigenvalue weighted by molar-refractivity contribution is 8.02. The Hall–Kier alpha value is -1.03. The molecule has 1 saturated heterocycles. The number of nitrogens with zero attached hydrogens (tertiary/aromatic N) is 1. The Morgan fingerprint density at radius 3 is 2.77 bits per heavy atom. The van der Waals surface area contributed by atoms with Crippen LogP contribution >= 0.6 is 11.9 Å². The van der Waals surface area contributed by atoms with Gasteiger partial charge in [-0.3, -0.25) is 4.79 Å². The van der Waals surface area contributed by atoms with Gasteiger partial charge in [0.1, 0.15) is 5.82 Å². The quantitative estimate of drug-likeness (QED) is 0.535. The first-order chi connectivity index (χ1) is 6.31. The summed E-state index contributed by atoms with van der Waals surface area (Å²) in [6, 6.07) is 4.67. The van der Waals surface area contributed by atoms with E-state index < -0.39 is 5.82 Å². The molecule has 0 aliphatic carbocycles. The van der Waals surface area contributed by atoms with E-state index in [1.165, 1.54) is 12.1 Å². The minimum Gasteiger partial charge on any atom is -0.315 e. The zero-order valence-electron chi connectivity index (χ0n) is 6.87. The monoisotopic (exact) mass is 197 g/mol. The zero-order valence-corrected chi connectivity index (χ0v) is 7.68. The van der Waals surface area contributed by atoms with Crippen LogP contribution in [0.25, 0.3) is 0 Å². The predicted octanol–water partition coefficient (Wildman–Crippen LogP) is 2.11. The maximum absolute atomic E-state index is 13.1. The Morgan fingerprint density at radius 1 is 1.54 bits per heavy atom. The largest absolute Gasteiger partial charge is 0.315 e. The minimum atomic E-state index is -0.444. The van der Waals surface area contributed by atoms with Gasteiger partial charge in [-0.2, -0.15) is 0 Å². The Labute approximate surface area is 79.9 Å². The highest BCUT2D eigenvalue weighted by Gasteiger charge is 2.16. The number of hydrogen-bond donors (Lipinski definition) is 0. The van der Waals surface area contributed by atoms with Crippen LogP contribution in [0.4, 0.5) is 10.1 Å².